The molecule has 0 spiro atoms. The quantitative estimate of drug-likeness (QED) is 0.514. The lowest BCUT2D eigenvalue weighted by Gasteiger charge is -2.34. The molecular weight excluding hydrogens is 188 g/mol. The summed E-state index contributed by atoms with van der Waals surface area (Å²) < 4.78 is 5.49. The fraction of sp³-hybridized carbons (Fsp3) is 0.769. The zero-order valence-electron chi connectivity index (χ0n) is 10.4. The number of allylic oxidation sites excluding steroid dienone is 2. The van der Waals surface area contributed by atoms with Gasteiger partial charge in [0.1, 0.15) is 5.60 Å². The maximum absolute atomic E-state index is 11.3. The van der Waals surface area contributed by atoms with E-state index in [1.807, 2.05) is 6.92 Å². The molecule has 1 rings (SSSR count). The van der Waals surface area contributed by atoms with Crippen LogP contribution in [0.15, 0.2) is 11.1 Å². The Morgan fingerprint density at radius 2 is 1.87 bits per heavy atom. The number of esters is 1. The lowest BCUT2D eigenvalue weighted by atomic mass is 9.82. The first kappa shape index (κ1) is 12.3. The van der Waals surface area contributed by atoms with Crippen LogP contribution in [-0.2, 0) is 9.53 Å². The number of rotatable bonds is 2. The van der Waals surface area contributed by atoms with Crippen molar-refractivity contribution in [1.82, 2.24) is 0 Å². The van der Waals surface area contributed by atoms with E-state index in [1.165, 1.54) is 5.57 Å². The molecule has 1 fully saturated rings. The van der Waals surface area contributed by atoms with Gasteiger partial charge in [-0.3, -0.25) is 4.79 Å². The fourth-order valence-corrected chi connectivity index (χ4v) is 2.03. The van der Waals surface area contributed by atoms with Crippen molar-refractivity contribution in [3.8, 4) is 0 Å². The van der Waals surface area contributed by atoms with Crippen LogP contribution in [-0.4, -0.2) is 11.6 Å². The molecule has 1 saturated carbocycles. The van der Waals surface area contributed by atoms with E-state index in [-0.39, 0.29) is 11.6 Å². The van der Waals surface area contributed by atoms with Gasteiger partial charge >= 0.3 is 5.97 Å². The minimum absolute atomic E-state index is 0.0712. The average Bonchev–Trinajstić information content (AvgIpc) is 2.17. The molecular formula is C13H22O2. The van der Waals surface area contributed by atoms with Gasteiger partial charge in [-0.2, -0.15) is 0 Å². The predicted molar refractivity (Wildman–Crippen MR) is 61.6 cm³/mol. The standard InChI is InChI=1S/C13H22O2/c1-5-12(14)15-13(4)8-6-11(7-9-13)10(2)3/h5-9H2,1-4H3. The Labute approximate surface area is 92.7 Å². The van der Waals surface area contributed by atoms with E-state index in [1.54, 1.807) is 5.57 Å². The Hall–Kier alpha value is -0.790. The van der Waals surface area contributed by atoms with Gasteiger partial charge in [-0.05, 0) is 46.5 Å². The summed E-state index contributed by atoms with van der Waals surface area (Å²) in [4.78, 5) is 11.3. The molecule has 2 heteroatoms. The van der Waals surface area contributed by atoms with Crippen LogP contribution in [0, 0.1) is 0 Å². The second-order valence-electron chi connectivity index (χ2n) is 4.88. The molecule has 0 bridgehead atoms. The molecule has 0 atom stereocenters. The molecule has 0 aromatic rings. The smallest absolute Gasteiger partial charge is 0.306 e. The van der Waals surface area contributed by atoms with Crippen LogP contribution in [0.4, 0.5) is 0 Å². The molecule has 0 amide bonds. The molecule has 15 heavy (non-hydrogen) atoms. The highest BCUT2D eigenvalue weighted by Gasteiger charge is 2.32. The third-order valence-electron chi connectivity index (χ3n) is 3.27. The second kappa shape index (κ2) is 4.82. The van der Waals surface area contributed by atoms with Crippen LogP contribution in [0.5, 0.6) is 0 Å². The van der Waals surface area contributed by atoms with Crippen molar-refractivity contribution >= 4 is 5.97 Å². The Kier molecular flexibility index (Phi) is 3.95. The molecule has 0 unspecified atom stereocenters. The summed E-state index contributed by atoms with van der Waals surface area (Å²) in [5.41, 5.74) is 2.75. The Bertz CT molecular complexity index is 262. The molecule has 0 saturated heterocycles. The molecule has 0 radical (unpaired) electrons. The van der Waals surface area contributed by atoms with Crippen LogP contribution in [0.1, 0.15) is 59.8 Å². The van der Waals surface area contributed by atoms with Crippen LogP contribution < -0.4 is 0 Å². The average molecular weight is 210 g/mol. The largest absolute Gasteiger partial charge is 0.459 e. The Balaban J connectivity index is 2.55. The first-order valence-corrected chi connectivity index (χ1v) is 5.84. The number of hydrogen-bond acceptors (Lipinski definition) is 2. The lowest BCUT2D eigenvalue weighted by Crippen LogP contribution is -2.34. The molecule has 2 nitrogen and oxygen atoms in total. The van der Waals surface area contributed by atoms with Gasteiger partial charge in [0.15, 0.2) is 0 Å². The van der Waals surface area contributed by atoms with Crippen molar-refractivity contribution in [3.63, 3.8) is 0 Å². The van der Waals surface area contributed by atoms with Crippen molar-refractivity contribution in [3.05, 3.63) is 11.1 Å². The number of hydrogen-bond donors (Lipinski definition) is 0. The van der Waals surface area contributed by atoms with Gasteiger partial charge in [0.05, 0.1) is 0 Å². The molecule has 1 aliphatic rings. The first-order chi connectivity index (χ1) is 6.97. The summed E-state index contributed by atoms with van der Waals surface area (Å²) in [5, 5.41) is 0. The van der Waals surface area contributed by atoms with Crippen molar-refractivity contribution < 1.29 is 9.53 Å². The highest BCUT2D eigenvalue weighted by molar-refractivity contribution is 5.69. The van der Waals surface area contributed by atoms with Crippen molar-refractivity contribution in [1.29, 1.82) is 0 Å². The normalized spacial score (nSPS) is 26.3. The topological polar surface area (TPSA) is 26.3 Å². The van der Waals surface area contributed by atoms with Gasteiger partial charge in [-0.15, -0.1) is 0 Å². The Morgan fingerprint density at radius 1 is 1.33 bits per heavy atom. The van der Waals surface area contributed by atoms with E-state index in [2.05, 4.69) is 20.8 Å². The SMILES string of the molecule is CCC(=O)OC1(C)CCC(=C(C)C)CC1. The lowest BCUT2D eigenvalue weighted by molar-refractivity contribution is -0.159. The van der Waals surface area contributed by atoms with Gasteiger partial charge in [0, 0.05) is 6.42 Å². The molecule has 0 heterocycles. The van der Waals surface area contributed by atoms with Gasteiger partial charge in [-0.25, -0.2) is 0 Å². The first-order valence-electron chi connectivity index (χ1n) is 5.84. The maximum atomic E-state index is 11.3. The highest BCUT2D eigenvalue weighted by atomic mass is 16.6. The molecule has 0 aromatic carbocycles. The number of carbonyl (C=O) groups is 1. The van der Waals surface area contributed by atoms with E-state index < -0.39 is 0 Å². The molecule has 1 aliphatic carbocycles. The van der Waals surface area contributed by atoms with Crippen LogP contribution >= 0.6 is 0 Å². The number of ether oxygens (including phenoxy) is 1. The van der Waals surface area contributed by atoms with E-state index in [0.717, 1.165) is 25.7 Å². The molecule has 0 aliphatic heterocycles. The zero-order valence-corrected chi connectivity index (χ0v) is 10.4. The molecule has 0 N–H and O–H groups in total. The summed E-state index contributed by atoms with van der Waals surface area (Å²) in [6.45, 7) is 8.23. The van der Waals surface area contributed by atoms with Gasteiger partial charge in [0.2, 0.25) is 0 Å². The summed E-state index contributed by atoms with van der Waals surface area (Å²) in [6.07, 6.45) is 4.58. The summed E-state index contributed by atoms with van der Waals surface area (Å²) in [5.74, 6) is -0.0712. The van der Waals surface area contributed by atoms with Crippen molar-refractivity contribution in [2.24, 2.45) is 0 Å². The summed E-state index contributed by atoms with van der Waals surface area (Å²) in [7, 11) is 0. The highest BCUT2D eigenvalue weighted by Crippen LogP contribution is 2.35. The van der Waals surface area contributed by atoms with E-state index in [4.69, 9.17) is 4.74 Å². The third kappa shape index (κ3) is 3.37. The maximum Gasteiger partial charge on any atom is 0.306 e. The number of carbonyl (C=O) groups excluding carboxylic acids is 1. The van der Waals surface area contributed by atoms with E-state index >= 15 is 0 Å². The van der Waals surface area contributed by atoms with E-state index in [9.17, 15) is 4.79 Å². The van der Waals surface area contributed by atoms with Gasteiger partial charge < -0.3 is 4.74 Å². The van der Waals surface area contributed by atoms with Crippen molar-refractivity contribution in [2.45, 2.75) is 65.4 Å². The van der Waals surface area contributed by atoms with Crippen molar-refractivity contribution in [2.75, 3.05) is 0 Å². The minimum atomic E-state index is -0.216. The van der Waals surface area contributed by atoms with Gasteiger partial charge in [-0.1, -0.05) is 18.1 Å². The van der Waals surface area contributed by atoms with Gasteiger partial charge in [0.25, 0.3) is 0 Å². The van der Waals surface area contributed by atoms with Crippen LogP contribution in [0.2, 0.25) is 0 Å². The molecule has 0 aromatic heterocycles. The predicted octanol–water partition coefficient (Wildman–Crippen LogP) is 3.61. The second-order valence-corrected chi connectivity index (χ2v) is 4.88. The summed E-state index contributed by atoms with van der Waals surface area (Å²) in [6, 6.07) is 0. The van der Waals surface area contributed by atoms with Crippen LogP contribution in [0.25, 0.3) is 0 Å². The third-order valence-corrected chi connectivity index (χ3v) is 3.27. The van der Waals surface area contributed by atoms with E-state index in [0.29, 0.717) is 6.42 Å². The summed E-state index contributed by atoms with van der Waals surface area (Å²) >= 11 is 0. The van der Waals surface area contributed by atoms with Crippen LogP contribution in [0.3, 0.4) is 0 Å². The minimum Gasteiger partial charge on any atom is -0.459 e. The fourth-order valence-electron chi connectivity index (χ4n) is 2.03. The molecule has 86 valence electrons. The monoisotopic (exact) mass is 210 g/mol. The Morgan fingerprint density at radius 3 is 2.27 bits per heavy atom. The zero-order chi connectivity index (χ0) is 11.5.